The maximum atomic E-state index is 11.9. The summed E-state index contributed by atoms with van der Waals surface area (Å²) in [6.45, 7) is 1.90. The van der Waals surface area contributed by atoms with Gasteiger partial charge in [0.1, 0.15) is 17.2 Å². The van der Waals surface area contributed by atoms with Crippen molar-refractivity contribution in [2.45, 2.75) is 6.92 Å². The lowest BCUT2D eigenvalue weighted by Gasteiger charge is -2.08. The van der Waals surface area contributed by atoms with Crippen molar-refractivity contribution < 1.29 is 19.0 Å². The van der Waals surface area contributed by atoms with Crippen molar-refractivity contribution in [3.63, 3.8) is 0 Å². The highest BCUT2D eigenvalue weighted by Gasteiger charge is 2.07. The molecule has 0 saturated heterocycles. The summed E-state index contributed by atoms with van der Waals surface area (Å²) in [5.41, 5.74) is 3.41. The van der Waals surface area contributed by atoms with Crippen LogP contribution in [0.4, 0.5) is 0 Å². The van der Waals surface area contributed by atoms with Gasteiger partial charge in [0.05, 0.1) is 7.11 Å². The fourth-order valence-electron chi connectivity index (χ4n) is 2.44. The third kappa shape index (κ3) is 4.63. The second kappa shape index (κ2) is 8.21. The maximum absolute atomic E-state index is 11.9. The number of ether oxygens (including phenoxy) is 3. The Morgan fingerprint density at radius 1 is 0.731 bits per heavy atom. The van der Waals surface area contributed by atoms with Crippen LogP contribution in [0.2, 0.25) is 0 Å². The van der Waals surface area contributed by atoms with Crippen LogP contribution in [0.1, 0.15) is 5.56 Å². The molecule has 0 N–H and O–H groups in total. The van der Waals surface area contributed by atoms with Crippen LogP contribution in [0.3, 0.4) is 0 Å². The lowest BCUT2D eigenvalue weighted by molar-refractivity contribution is -0.136. The molecule has 26 heavy (non-hydrogen) atoms. The number of carbonyl (C=O) groups excluding carboxylic acids is 1. The topological polar surface area (TPSA) is 44.8 Å². The first-order valence-electron chi connectivity index (χ1n) is 8.29. The van der Waals surface area contributed by atoms with E-state index in [4.69, 9.17) is 14.2 Å². The Morgan fingerprint density at radius 3 is 1.81 bits per heavy atom. The van der Waals surface area contributed by atoms with Crippen molar-refractivity contribution in [1.82, 2.24) is 0 Å². The number of hydrogen-bond donors (Lipinski definition) is 0. The molecule has 0 fully saturated rings. The smallest absolute Gasteiger partial charge is 0.349 e. The molecule has 0 aromatic heterocycles. The van der Waals surface area contributed by atoms with Crippen LogP contribution < -0.4 is 14.2 Å². The number of rotatable bonds is 6. The Hall–Kier alpha value is -3.27. The third-order valence-corrected chi connectivity index (χ3v) is 3.89. The highest BCUT2D eigenvalue weighted by atomic mass is 16.6. The molecule has 0 radical (unpaired) electrons. The zero-order valence-corrected chi connectivity index (χ0v) is 14.8. The second-order valence-corrected chi connectivity index (χ2v) is 5.83. The Morgan fingerprint density at radius 2 is 1.23 bits per heavy atom. The van der Waals surface area contributed by atoms with Gasteiger partial charge in [0.25, 0.3) is 0 Å². The number of carbonyl (C=O) groups is 1. The van der Waals surface area contributed by atoms with Crippen LogP contribution in [0.25, 0.3) is 11.1 Å². The molecule has 0 saturated carbocycles. The largest absolute Gasteiger partial charge is 0.497 e. The molecule has 0 spiro atoms. The normalized spacial score (nSPS) is 10.2. The molecule has 0 amide bonds. The molecule has 0 unspecified atom stereocenters. The minimum absolute atomic E-state index is 0.161. The van der Waals surface area contributed by atoms with E-state index in [0.29, 0.717) is 11.5 Å². The van der Waals surface area contributed by atoms with Gasteiger partial charge in [-0.1, -0.05) is 42.0 Å². The van der Waals surface area contributed by atoms with Crippen LogP contribution in [0.5, 0.6) is 17.2 Å². The molecule has 4 nitrogen and oxygen atoms in total. The molecule has 4 heteroatoms. The lowest BCUT2D eigenvalue weighted by Crippen LogP contribution is -2.17. The van der Waals surface area contributed by atoms with Gasteiger partial charge in [0.15, 0.2) is 6.61 Å². The van der Waals surface area contributed by atoms with Crippen LogP contribution in [-0.2, 0) is 4.79 Å². The summed E-state index contributed by atoms with van der Waals surface area (Å²) in [5, 5.41) is 0. The molecule has 0 aliphatic carbocycles. The van der Waals surface area contributed by atoms with E-state index in [9.17, 15) is 4.79 Å². The predicted octanol–water partition coefficient (Wildman–Crippen LogP) is 4.66. The molecular formula is C22H20O4. The van der Waals surface area contributed by atoms with E-state index >= 15 is 0 Å². The highest BCUT2D eigenvalue weighted by Crippen LogP contribution is 2.23. The van der Waals surface area contributed by atoms with E-state index in [-0.39, 0.29) is 6.61 Å². The monoisotopic (exact) mass is 348 g/mol. The summed E-state index contributed by atoms with van der Waals surface area (Å²) in [4.78, 5) is 11.9. The van der Waals surface area contributed by atoms with Gasteiger partial charge in [-0.25, -0.2) is 4.79 Å². The zero-order valence-electron chi connectivity index (χ0n) is 14.8. The van der Waals surface area contributed by atoms with Gasteiger partial charge < -0.3 is 14.2 Å². The van der Waals surface area contributed by atoms with Gasteiger partial charge in [0, 0.05) is 0 Å². The first-order chi connectivity index (χ1) is 12.6. The maximum Gasteiger partial charge on any atom is 0.349 e. The van der Waals surface area contributed by atoms with Gasteiger partial charge in [-0.05, 0) is 54.4 Å². The molecule has 0 atom stereocenters. The van der Waals surface area contributed by atoms with Gasteiger partial charge in [-0.2, -0.15) is 0 Å². The number of hydrogen-bond acceptors (Lipinski definition) is 4. The predicted molar refractivity (Wildman–Crippen MR) is 101 cm³/mol. The fraction of sp³-hybridized carbons (Fsp3) is 0.136. The summed E-state index contributed by atoms with van der Waals surface area (Å²) >= 11 is 0. The number of esters is 1. The van der Waals surface area contributed by atoms with E-state index in [1.807, 2.05) is 12.1 Å². The van der Waals surface area contributed by atoms with Crippen molar-refractivity contribution in [2.75, 3.05) is 13.7 Å². The summed E-state index contributed by atoms with van der Waals surface area (Å²) in [5.74, 6) is 1.35. The molecular weight excluding hydrogens is 328 g/mol. The van der Waals surface area contributed by atoms with E-state index in [1.54, 1.807) is 43.5 Å². The molecule has 0 bridgehead atoms. The summed E-state index contributed by atoms with van der Waals surface area (Å²) in [6.07, 6.45) is 0. The average Bonchev–Trinajstić information content (AvgIpc) is 2.68. The molecule has 132 valence electrons. The molecule has 0 heterocycles. The molecule has 3 aromatic rings. The van der Waals surface area contributed by atoms with Crippen LogP contribution >= 0.6 is 0 Å². The molecule has 3 aromatic carbocycles. The van der Waals surface area contributed by atoms with E-state index in [0.717, 1.165) is 16.9 Å². The Bertz CT molecular complexity index is 850. The minimum atomic E-state index is -0.455. The fourth-order valence-corrected chi connectivity index (χ4v) is 2.44. The first-order valence-corrected chi connectivity index (χ1v) is 8.29. The average molecular weight is 348 g/mol. The quantitative estimate of drug-likeness (QED) is 0.480. The number of benzene rings is 3. The minimum Gasteiger partial charge on any atom is -0.497 e. The summed E-state index contributed by atoms with van der Waals surface area (Å²) < 4.78 is 15.8. The van der Waals surface area contributed by atoms with E-state index < -0.39 is 5.97 Å². The van der Waals surface area contributed by atoms with Crippen molar-refractivity contribution in [2.24, 2.45) is 0 Å². The SMILES string of the molecule is COc1ccc(OCC(=O)Oc2ccc(-c3ccc(C)cc3)cc2)cc1. The van der Waals surface area contributed by atoms with Gasteiger partial charge >= 0.3 is 5.97 Å². The van der Waals surface area contributed by atoms with Gasteiger partial charge in [-0.3, -0.25) is 0 Å². The Balaban J connectivity index is 1.54. The Kier molecular flexibility index (Phi) is 5.54. The van der Waals surface area contributed by atoms with E-state index in [1.165, 1.54) is 5.56 Å². The highest BCUT2D eigenvalue weighted by molar-refractivity contribution is 5.74. The van der Waals surface area contributed by atoms with Crippen molar-refractivity contribution in [3.8, 4) is 28.4 Å². The second-order valence-electron chi connectivity index (χ2n) is 5.83. The molecule has 3 rings (SSSR count). The standard InChI is InChI=1S/C22H20O4/c1-16-3-5-17(6-4-16)18-7-9-21(10-8-18)26-22(23)15-25-20-13-11-19(24-2)12-14-20/h3-14H,15H2,1-2H3. The van der Waals surface area contributed by atoms with Gasteiger partial charge in [0.2, 0.25) is 0 Å². The van der Waals surface area contributed by atoms with Crippen LogP contribution in [-0.4, -0.2) is 19.7 Å². The van der Waals surface area contributed by atoms with Crippen LogP contribution in [0, 0.1) is 6.92 Å². The van der Waals surface area contributed by atoms with Crippen molar-refractivity contribution >= 4 is 5.97 Å². The summed E-state index contributed by atoms with van der Waals surface area (Å²) in [6, 6.07) is 22.7. The number of aryl methyl sites for hydroxylation is 1. The first kappa shape index (κ1) is 17.5. The lowest BCUT2D eigenvalue weighted by atomic mass is 10.0. The summed E-state index contributed by atoms with van der Waals surface area (Å²) in [7, 11) is 1.59. The molecule has 0 aliphatic rings. The van der Waals surface area contributed by atoms with Gasteiger partial charge in [-0.15, -0.1) is 0 Å². The molecule has 0 aliphatic heterocycles. The third-order valence-electron chi connectivity index (χ3n) is 3.89. The van der Waals surface area contributed by atoms with E-state index in [2.05, 4.69) is 31.2 Å². The van der Waals surface area contributed by atoms with Crippen molar-refractivity contribution in [1.29, 1.82) is 0 Å². The number of methoxy groups -OCH3 is 1. The van der Waals surface area contributed by atoms with Crippen molar-refractivity contribution in [3.05, 3.63) is 78.4 Å². The Labute approximate surface area is 153 Å². The van der Waals surface area contributed by atoms with Crippen LogP contribution in [0.15, 0.2) is 72.8 Å². The zero-order chi connectivity index (χ0) is 18.4.